The average Bonchev–Trinajstić information content (AvgIpc) is 3.20. The van der Waals surface area contributed by atoms with Crippen molar-refractivity contribution in [3.63, 3.8) is 0 Å². The first kappa shape index (κ1) is 18.6. The summed E-state index contributed by atoms with van der Waals surface area (Å²) in [6, 6.07) is 7.05. The van der Waals surface area contributed by atoms with E-state index in [-0.39, 0.29) is 29.6 Å². The van der Waals surface area contributed by atoms with Gasteiger partial charge in [-0.25, -0.2) is 12.9 Å². The molecule has 2 N–H and O–H groups in total. The van der Waals surface area contributed by atoms with Gasteiger partial charge in [0.25, 0.3) is 0 Å². The van der Waals surface area contributed by atoms with E-state index in [1.807, 2.05) is 24.4 Å². The van der Waals surface area contributed by atoms with E-state index < -0.39 is 15.9 Å². The first-order valence-corrected chi connectivity index (χ1v) is 11.6. The van der Waals surface area contributed by atoms with E-state index in [0.717, 1.165) is 16.6 Å². The number of carbonyl (C=O) groups is 1. The summed E-state index contributed by atoms with van der Waals surface area (Å²) in [5.74, 6) is -0.131. The van der Waals surface area contributed by atoms with Gasteiger partial charge >= 0.3 is 0 Å². The Labute approximate surface area is 165 Å². The Hall–Kier alpha value is -1.74. The minimum Gasteiger partial charge on any atom is -0.327 e. The molecule has 142 valence electrons. The van der Waals surface area contributed by atoms with Gasteiger partial charge in [-0.15, -0.1) is 11.3 Å². The van der Waals surface area contributed by atoms with Crippen LogP contribution in [0.2, 0.25) is 4.34 Å². The lowest BCUT2D eigenvalue weighted by Gasteiger charge is -2.27. The SMILES string of the molecule is N[C@@H]1CS(=O)(=O)CC[C@@H]1CC(=O)c1cc(-c2cnn3ccccc23)c(Cl)s1. The minimum absolute atomic E-state index is 0.0515. The largest absolute Gasteiger partial charge is 0.327 e. The molecule has 27 heavy (non-hydrogen) atoms. The number of ketones is 1. The molecule has 1 fully saturated rings. The van der Waals surface area contributed by atoms with Crippen molar-refractivity contribution in [1.29, 1.82) is 0 Å². The van der Waals surface area contributed by atoms with Crippen molar-refractivity contribution in [3.05, 3.63) is 45.9 Å². The normalized spacial score (nSPS) is 22.1. The number of nitrogens with zero attached hydrogens (tertiary/aromatic N) is 2. The maximum Gasteiger partial charge on any atom is 0.173 e. The highest BCUT2D eigenvalue weighted by atomic mass is 35.5. The highest BCUT2D eigenvalue weighted by Crippen LogP contribution is 2.38. The van der Waals surface area contributed by atoms with Crippen LogP contribution in [0.5, 0.6) is 0 Å². The van der Waals surface area contributed by atoms with Gasteiger partial charge in [0.1, 0.15) is 4.34 Å². The molecule has 0 aliphatic carbocycles. The minimum atomic E-state index is -3.08. The second-order valence-electron chi connectivity index (χ2n) is 6.84. The Kier molecular flexibility index (Phi) is 4.84. The molecule has 0 bridgehead atoms. The first-order chi connectivity index (χ1) is 12.8. The molecule has 0 amide bonds. The molecule has 0 saturated carbocycles. The van der Waals surface area contributed by atoms with Gasteiger partial charge in [-0.2, -0.15) is 5.10 Å². The summed E-state index contributed by atoms with van der Waals surface area (Å²) in [5, 5.41) is 4.31. The molecule has 0 spiro atoms. The third kappa shape index (κ3) is 3.67. The van der Waals surface area contributed by atoms with E-state index in [1.54, 1.807) is 16.8 Å². The van der Waals surface area contributed by atoms with Crippen LogP contribution >= 0.6 is 22.9 Å². The summed E-state index contributed by atoms with van der Waals surface area (Å²) in [4.78, 5) is 13.3. The number of nitrogens with two attached hydrogens (primary N) is 1. The molecule has 9 heteroatoms. The Morgan fingerprint density at radius 1 is 1.37 bits per heavy atom. The van der Waals surface area contributed by atoms with Crippen LogP contribution in [-0.2, 0) is 9.84 Å². The van der Waals surface area contributed by atoms with E-state index in [0.29, 0.717) is 15.6 Å². The Balaban J connectivity index is 1.57. The second kappa shape index (κ2) is 7.01. The zero-order chi connectivity index (χ0) is 19.2. The van der Waals surface area contributed by atoms with Gasteiger partial charge in [-0.05, 0) is 30.5 Å². The van der Waals surface area contributed by atoms with Gasteiger partial charge < -0.3 is 5.73 Å². The maximum atomic E-state index is 12.7. The van der Waals surface area contributed by atoms with Crippen molar-refractivity contribution in [2.24, 2.45) is 11.7 Å². The highest BCUT2D eigenvalue weighted by Gasteiger charge is 2.32. The lowest BCUT2D eigenvalue weighted by molar-refractivity contribution is 0.0957. The summed E-state index contributed by atoms with van der Waals surface area (Å²) in [6.07, 6.45) is 4.25. The van der Waals surface area contributed by atoms with Crippen LogP contribution in [0.4, 0.5) is 0 Å². The summed E-state index contributed by atoms with van der Waals surface area (Å²) >= 11 is 7.65. The Bertz CT molecular complexity index is 1120. The standard InChI is InChI=1S/C18H18ClN3O3S2/c19-18-12(13-9-21-22-5-2-1-3-15(13)22)8-17(26-18)16(23)7-11-4-6-27(24,25)10-14(11)20/h1-3,5,8-9,11,14H,4,6-7,10,20H2/t11-,14-/m1/s1. The molecular weight excluding hydrogens is 406 g/mol. The zero-order valence-electron chi connectivity index (χ0n) is 14.3. The van der Waals surface area contributed by atoms with Gasteiger partial charge in [0.15, 0.2) is 15.6 Å². The van der Waals surface area contributed by atoms with Crippen molar-refractivity contribution in [3.8, 4) is 11.1 Å². The van der Waals surface area contributed by atoms with E-state index in [2.05, 4.69) is 5.10 Å². The molecule has 0 radical (unpaired) electrons. The van der Waals surface area contributed by atoms with Crippen LogP contribution in [0.3, 0.4) is 0 Å². The number of halogens is 1. The van der Waals surface area contributed by atoms with Crippen LogP contribution < -0.4 is 5.73 Å². The predicted octanol–water partition coefficient (Wildman–Crippen LogP) is 3.05. The van der Waals surface area contributed by atoms with Gasteiger partial charge in [0.05, 0.1) is 28.1 Å². The summed E-state index contributed by atoms with van der Waals surface area (Å²) < 4.78 is 25.6. The molecule has 2 atom stereocenters. The molecule has 3 aromatic rings. The van der Waals surface area contributed by atoms with Gasteiger partial charge in [-0.1, -0.05) is 17.7 Å². The molecule has 0 aromatic carbocycles. The molecule has 1 saturated heterocycles. The average molecular weight is 424 g/mol. The number of fused-ring (bicyclic) bond motifs is 1. The van der Waals surface area contributed by atoms with E-state index >= 15 is 0 Å². The number of hydrogen-bond donors (Lipinski definition) is 1. The van der Waals surface area contributed by atoms with Gasteiger partial charge in [0, 0.05) is 29.8 Å². The number of hydrogen-bond acceptors (Lipinski definition) is 6. The third-order valence-electron chi connectivity index (χ3n) is 4.98. The van der Waals surface area contributed by atoms with Crippen LogP contribution in [0.15, 0.2) is 36.7 Å². The lowest BCUT2D eigenvalue weighted by atomic mass is 9.92. The van der Waals surface area contributed by atoms with E-state index in [9.17, 15) is 13.2 Å². The number of carbonyl (C=O) groups excluding carboxylic acids is 1. The first-order valence-electron chi connectivity index (χ1n) is 8.55. The predicted molar refractivity (Wildman–Crippen MR) is 107 cm³/mol. The lowest BCUT2D eigenvalue weighted by Crippen LogP contribution is -2.43. The number of thiophene rings is 1. The second-order valence-corrected chi connectivity index (χ2v) is 10.7. The van der Waals surface area contributed by atoms with Gasteiger partial charge in [-0.3, -0.25) is 4.79 Å². The molecule has 3 aromatic heterocycles. The molecular formula is C18H18ClN3O3S2. The molecule has 1 aliphatic heterocycles. The van der Waals surface area contributed by atoms with E-state index in [4.69, 9.17) is 17.3 Å². The van der Waals surface area contributed by atoms with Crippen molar-refractivity contribution in [2.45, 2.75) is 18.9 Å². The highest BCUT2D eigenvalue weighted by molar-refractivity contribution is 7.91. The van der Waals surface area contributed by atoms with Gasteiger partial charge in [0.2, 0.25) is 0 Å². The molecule has 4 rings (SSSR count). The molecule has 1 aliphatic rings. The number of rotatable bonds is 4. The number of pyridine rings is 1. The number of Topliss-reactive ketones (excluding diaryl/α,β-unsaturated/α-hetero) is 1. The van der Waals surface area contributed by atoms with Crippen LogP contribution in [0.1, 0.15) is 22.5 Å². The van der Waals surface area contributed by atoms with Crippen molar-refractivity contribution >= 4 is 44.1 Å². The maximum absolute atomic E-state index is 12.7. The number of sulfone groups is 1. The molecule has 6 nitrogen and oxygen atoms in total. The summed E-state index contributed by atoms with van der Waals surface area (Å²) in [5.41, 5.74) is 8.55. The van der Waals surface area contributed by atoms with E-state index in [1.165, 1.54) is 11.3 Å². The molecule has 4 heterocycles. The summed E-state index contributed by atoms with van der Waals surface area (Å²) in [7, 11) is -3.08. The van der Waals surface area contributed by atoms with Crippen molar-refractivity contribution < 1.29 is 13.2 Å². The van der Waals surface area contributed by atoms with Crippen molar-refractivity contribution in [1.82, 2.24) is 9.61 Å². The summed E-state index contributed by atoms with van der Waals surface area (Å²) in [6.45, 7) is 0. The number of aromatic nitrogens is 2. The fourth-order valence-corrected chi connectivity index (χ4v) is 6.42. The monoisotopic (exact) mass is 423 g/mol. The Morgan fingerprint density at radius 3 is 2.96 bits per heavy atom. The third-order valence-corrected chi connectivity index (χ3v) is 8.13. The smallest absolute Gasteiger partial charge is 0.173 e. The van der Waals surface area contributed by atoms with Crippen LogP contribution in [-0.4, -0.2) is 41.4 Å². The quantitative estimate of drug-likeness (QED) is 0.651. The zero-order valence-corrected chi connectivity index (χ0v) is 16.7. The molecule has 0 unspecified atom stereocenters. The Morgan fingerprint density at radius 2 is 2.19 bits per heavy atom. The van der Waals surface area contributed by atoms with Crippen LogP contribution in [0.25, 0.3) is 16.6 Å². The fourth-order valence-electron chi connectivity index (χ4n) is 3.48. The van der Waals surface area contributed by atoms with Crippen LogP contribution in [0, 0.1) is 5.92 Å². The van der Waals surface area contributed by atoms with Crippen molar-refractivity contribution in [2.75, 3.05) is 11.5 Å². The fraction of sp³-hybridized carbons (Fsp3) is 0.333. The topological polar surface area (TPSA) is 94.5 Å².